The molecule has 2 N–H and O–H groups in total. The number of amides is 3. The number of likely N-dealkylation sites (tertiary alicyclic amines) is 1. The van der Waals surface area contributed by atoms with Crippen molar-refractivity contribution in [3.63, 3.8) is 0 Å². The fraction of sp³-hybridized carbons (Fsp3) is 0.571. The van der Waals surface area contributed by atoms with Crippen LogP contribution in [0.3, 0.4) is 0 Å². The minimum absolute atomic E-state index is 0.0640. The maximum absolute atomic E-state index is 12.6. The molecule has 154 valence electrons. The first-order chi connectivity index (χ1) is 14.1. The second kappa shape index (κ2) is 8.31. The lowest BCUT2D eigenvalue weighted by Crippen LogP contribution is -2.45. The van der Waals surface area contributed by atoms with Crippen LogP contribution >= 0.6 is 0 Å². The van der Waals surface area contributed by atoms with Gasteiger partial charge in [0.05, 0.1) is 0 Å². The molecule has 3 aliphatic rings. The average Bonchev–Trinajstić information content (AvgIpc) is 3.46. The molecule has 1 spiro atoms. The Hall–Kier alpha value is -2.77. The van der Waals surface area contributed by atoms with Crippen LogP contribution in [-0.2, 0) is 20.8 Å². The molecule has 2 aliphatic heterocycles. The van der Waals surface area contributed by atoms with Gasteiger partial charge in [0.2, 0.25) is 11.8 Å². The Kier molecular flexibility index (Phi) is 5.60. The van der Waals surface area contributed by atoms with Gasteiger partial charge in [-0.3, -0.25) is 19.4 Å². The van der Waals surface area contributed by atoms with Crippen molar-refractivity contribution in [1.29, 1.82) is 0 Å². The van der Waals surface area contributed by atoms with Gasteiger partial charge in [-0.25, -0.2) is 5.43 Å². The van der Waals surface area contributed by atoms with Crippen molar-refractivity contribution in [3.8, 4) is 0 Å². The van der Waals surface area contributed by atoms with Crippen LogP contribution in [0.5, 0.6) is 0 Å². The van der Waals surface area contributed by atoms with Crippen LogP contribution in [0.2, 0.25) is 0 Å². The second-order valence-corrected chi connectivity index (χ2v) is 8.25. The Balaban J connectivity index is 1.18. The molecule has 0 radical (unpaired) electrons. The van der Waals surface area contributed by atoms with E-state index in [-0.39, 0.29) is 29.1 Å². The molecule has 1 aliphatic carbocycles. The van der Waals surface area contributed by atoms with Gasteiger partial charge in [-0.2, -0.15) is 5.10 Å². The van der Waals surface area contributed by atoms with E-state index in [2.05, 4.69) is 20.8 Å². The van der Waals surface area contributed by atoms with Gasteiger partial charge in [-0.1, -0.05) is 0 Å². The molecule has 3 amide bonds. The summed E-state index contributed by atoms with van der Waals surface area (Å²) in [6.07, 6.45) is 8.76. The van der Waals surface area contributed by atoms with Crippen LogP contribution in [0.4, 0.5) is 0 Å². The molecular formula is C21H27N5O3. The smallest absolute Gasteiger partial charge is 0.270 e. The van der Waals surface area contributed by atoms with Crippen LogP contribution in [0.25, 0.3) is 0 Å². The van der Waals surface area contributed by atoms with E-state index in [9.17, 15) is 14.4 Å². The highest BCUT2D eigenvalue weighted by Crippen LogP contribution is 2.59. The molecule has 8 heteroatoms. The van der Waals surface area contributed by atoms with E-state index < -0.39 is 0 Å². The Morgan fingerprint density at radius 3 is 2.66 bits per heavy atom. The number of hydrazone groups is 1. The van der Waals surface area contributed by atoms with Crippen LogP contribution in [0, 0.1) is 11.3 Å². The van der Waals surface area contributed by atoms with Crippen LogP contribution in [0.1, 0.15) is 44.1 Å². The van der Waals surface area contributed by atoms with Gasteiger partial charge in [-0.05, 0) is 55.2 Å². The van der Waals surface area contributed by atoms with E-state index in [0.717, 1.165) is 32.1 Å². The predicted octanol–water partition coefficient (Wildman–Crippen LogP) is 1.03. The first-order valence-corrected chi connectivity index (χ1v) is 10.4. The molecule has 3 heterocycles. The fourth-order valence-corrected chi connectivity index (χ4v) is 4.41. The van der Waals surface area contributed by atoms with Crippen molar-refractivity contribution >= 4 is 23.4 Å². The number of carbonyl (C=O) groups is 3. The number of carbonyl (C=O) groups excluding carboxylic acids is 3. The van der Waals surface area contributed by atoms with Gasteiger partial charge in [0.1, 0.15) is 5.71 Å². The molecule has 0 bridgehead atoms. The summed E-state index contributed by atoms with van der Waals surface area (Å²) in [7, 11) is 0. The number of aryl methyl sites for hydroxylation is 1. The lowest BCUT2D eigenvalue weighted by Gasteiger charge is -2.33. The fourth-order valence-electron chi connectivity index (χ4n) is 4.41. The summed E-state index contributed by atoms with van der Waals surface area (Å²) in [5.74, 6) is -0.00442. The van der Waals surface area contributed by atoms with Crippen molar-refractivity contribution in [3.05, 3.63) is 30.1 Å². The zero-order chi connectivity index (χ0) is 20.3. The molecule has 29 heavy (non-hydrogen) atoms. The summed E-state index contributed by atoms with van der Waals surface area (Å²) >= 11 is 0. The lowest BCUT2D eigenvalue weighted by atomic mass is 9.90. The molecule has 4 rings (SSSR count). The first-order valence-electron chi connectivity index (χ1n) is 10.4. The number of nitrogens with one attached hydrogen (secondary N) is 2. The van der Waals surface area contributed by atoms with E-state index in [1.165, 1.54) is 5.56 Å². The summed E-state index contributed by atoms with van der Waals surface area (Å²) in [6.45, 7) is 1.99. The molecule has 1 aromatic rings. The Labute approximate surface area is 170 Å². The molecule has 2 fully saturated rings. The SMILES string of the molecule is O=C1CCC(C(=O)N2CCC3(CC2)C[C@H]3C(=O)NCCCc2ccncc2)=NN1. The number of nitrogens with zero attached hydrogens (tertiary/aromatic N) is 3. The number of hydrogen-bond donors (Lipinski definition) is 2. The van der Waals surface area contributed by atoms with Crippen molar-refractivity contribution in [2.45, 2.75) is 44.9 Å². The van der Waals surface area contributed by atoms with Crippen molar-refractivity contribution < 1.29 is 14.4 Å². The van der Waals surface area contributed by atoms with E-state index in [1.54, 1.807) is 12.4 Å². The summed E-state index contributed by atoms with van der Waals surface area (Å²) in [5.41, 5.74) is 4.11. The van der Waals surface area contributed by atoms with E-state index in [1.807, 2.05) is 17.0 Å². The van der Waals surface area contributed by atoms with Gasteiger partial charge in [-0.15, -0.1) is 0 Å². The van der Waals surface area contributed by atoms with E-state index in [4.69, 9.17) is 0 Å². The third kappa shape index (κ3) is 4.46. The van der Waals surface area contributed by atoms with Crippen LogP contribution < -0.4 is 10.7 Å². The number of pyridine rings is 1. The van der Waals surface area contributed by atoms with Gasteiger partial charge < -0.3 is 10.2 Å². The van der Waals surface area contributed by atoms with Gasteiger partial charge in [0.15, 0.2) is 0 Å². The van der Waals surface area contributed by atoms with E-state index in [0.29, 0.717) is 38.2 Å². The minimum atomic E-state index is -0.147. The zero-order valence-corrected chi connectivity index (χ0v) is 16.5. The largest absolute Gasteiger partial charge is 0.356 e. The quantitative estimate of drug-likeness (QED) is 0.700. The predicted molar refractivity (Wildman–Crippen MR) is 107 cm³/mol. The Morgan fingerprint density at radius 1 is 1.21 bits per heavy atom. The average molecular weight is 397 g/mol. The van der Waals surface area contributed by atoms with Crippen LogP contribution in [-0.4, -0.2) is 53.0 Å². The number of aromatic nitrogens is 1. The molecule has 0 aromatic carbocycles. The topological polar surface area (TPSA) is 104 Å². The molecule has 1 atom stereocenters. The highest BCUT2D eigenvalue weighted by Gasteiger charge is 2.58. The number of hydrogen-bond acceptors (Lipinski definition) is 5. The van der Waals surface area contributed by atoms with Gasteiger partial charge in [0.25, 0.3) is 5.91 Å². The second-order valence-electron chi connectivity index (χ2n) is 8.25. The zero-order valence-electron chi connectivity index (χ0n) is 16.5. The monoisotopic (exact) mass is 397 g/mol. The minimum Gasteiger partial charge on any atom is -0.356 e. The molecule has 1 saturated carbocycles. The molecular weight excluding hydrogens is 370 g/mol. The molecule has 0 unspecified atom stereocenters. The highest BCUT2D eigenvalue weighted by molar-refractivity contribution is 6.39. The van der Waals surface area contributed by atoms with Crippen molar-refractivity contribution in [1.82, 2.24) is 20.6 Å². The molecule has 8 nitrogen and oxygen atoms in total. The summed E-state index contributed by atoms with van der Waals surface area (Å²) < 4.78 is 0. The van der Waals surface area contributed by atoms with E-state index >= 15 is 0 Å². The first kappa shape index (κ1) is 19.5. The lowest BCUT2D eigenvalue weighted by molar-refractivity contribution is -0.126. The highest BCUT2D eigenvalue weighted by atomic mass is 16.2. The summed E-state index contributed by atoms with van der Waals surface area (Å²) in [5, 5.41) is 6.98. The summed E-state index contributed by atoms with van der Waals surface area (Å²) in [6, 6.07) is 4.00. The van der Waals surface area contributed by atoms with Gasteiger partial charge in [0, 0.05) is 50.8 Å². The normalized spacial score (nSPS) is 22.6. The third-order valence-corrected chi connectivity index (χ3v) is 6.39. The molecule has 1 saturated heterocycles. The Morgan fingerprint density at radius 2 is 1.97 bits per heavy atom. The maximum Gasteiger partial charge on any atom is 0.270 e. The van der Waals surface area contributed by atoms with Crippen molar-refractivity contribution in [2.75, 3.05) is 19.6 Å². The summed E-state index contributed by atoms with van der Waals surface area (Å²) in [4.78, 5) is 42.1. The standard InChI is InChI=1S/C21H27N5O3/c27-18-4-3-17(24-25-18)20(29)26-12-7-21(8-13-26)14-16(21)19(28)23-9-1-2-15-5-10-22-11-6-15/h5-6,10-11,16H,1-4,7-9,12-14H2,(H,23,28)(H,25,27)/t16-/m0/s1. The third-order valence-electron chi connectivity index (χ3n) is 6.39. The number of rotatable bonds is 6. The Bertz CT molecular complexity index is 815. The maximum atomic E-state index is 12.6. The van der Waals surface area contributed by atoms with Gasteiger partial charge >= 0.3 is 0 Å². The van der Waals surface area contributed by atoms with Crippen molar-refractivity contribution in [2.24, 2.45) is 16.4 Å². The molecule has 1 aromatic heterocycles. The number of piperidine rings is 1. The van der Waals surface area contributed by atoms with Crippen LogP contribution in [0.15, 0.2) is 29.6 Å².